The number of hydrogen-bond donors (Lipinski definition) is 1. The highest BCUT2D eigenvalue weighted by molar-refractivity contribution is 7.75. The molecule has 2 unspecified atom stereocenters. The first-order valence-electron chi connectivity index (χ1n) is 9.31. The Kier molecular flexibility index (Phi) is 6.06. The van der Waals surface area contributed by atoms with Crippen molar-refractivity contribution in [3.63, 3.8) is 0 Å². The normalized spacial score (nSPS) is 39.1. The molecule has 4 heterocycles. The molecule has 6 atom stereocenters. The molecule has 4 rings (SSSR count). The first kappa shape index (κ1) is 24.4. The van der Waals surface area contributed by atoms with E-state index in [-0.39, 0.29) is 16.7 Å². The van der Waals surface area contributed by atoms with Crippen molar-refractivity contribution in [2.45, 2.75) is 32.3 Å². The zero-order chi connectivity index (χ0) is 24.3. The third-order valence-electron chi connectivity index (χ3n) is 5.03. The summed E-state index contributed by atoms with van der Waals surface area (Å²) in [6.45, 7) is 2.72. The van der Waals surface area contributed by atoms with E-state index < -0.39 is 59.7 Å². The van der Waals surface area contributed by atoms with Gasteiger partial charge in [0, 0.05) is 19.9 Å². The van der Waals surface area contributed by atoms with Crippen LogP contribution in [0.2, 0.25) is 0 Å². The van der Waals surface area contributed by atoms with Gasteiger partial charge in [0.15, 0.2) is 23.5 Å². The van der Waals surface area contributed by atoms with E-state index in [1.165, 1.54) is 21.8 Å². The van der Waals surface area contributed by atoms with Crippen LogP contribution in [-0.2, 0) is 47.9 Å². The van der Waals surface area contributed by atoms with Gasteiger partial charge in [-0.25, -0.2) is 22.9 Å². The number of ether oxygens (including phenoxy) is 2. The van der Waals surface area contributed by atoms with Crippen LogP contribution in [0.1, 0.15) is 20.1 Å². The topological polar surface area (TPSA) is 220 Å². The van der Waals surface area contributed by atoms with Gasteiger partial charge in [-0.1, -0.05) is 6.92 Å². The Labute approximate surface area is 185 Å². The first-order chi connectivity index (χ1) is 15.2. The van der Waals surface area contributed by atoms with Crippen molar-refractivity contribution in [2.75, 3.05) is 6.16 Å². The summed E-state index contributed by atoms with van der Waals surface area (Å²) in [7, 11) is -14.1. The van der Waals surface area contributed by atoms with Gasteiger partial charge < -0.3 is 23.8 Å². The van der Waals surface area contributed by atoms with Crippen LogP contribution in [0.4, 0.5) is 0 Å². The van der Waals surface area contributed by atoms with Crippen LogP contribution in [0.3, 0.4) is 0 Å². The molecule has 0 bridgehead atoms. The summed E-state index contributed by atoms with van der Waals surface area (Å²) in [4.78, 5) is 43.3. The number of phosphoric acid groups is 2. The molecule has 2 aliphatic rings. The van der Waals surface area contributed by atoms with Crippen molar-refractivity contribution < 1.29 is 50.7 Å². The minimum absolute atomic E-state index is 0.0521. The summed E-state index contributed by atoms with van der Waals surface area (Å²) >= 11 is 0. The summed E-state index contributed by atoms with van der Waals surface area (Å²) in [6.07, 6.45) is -1.34. The molecule has 0 aliphatic carbocycles. The maximum atomic E-state index is 12.9. The zero-order valence-electron chi connectivity index (χ0n) is 17.3. The second kappa shape index (κ2) is 8.19. The Balaban J connectivity index is 1.69. The standard InChI is InChI=1S/C14H20N5O11P3/c1-7-9(4-31(21)28-32(22,23)30-33(24,25)29-31)27-14(11(7)26-8(2)20)19-6-16-10-12(15)18(3)5-17-13(10)19/h5-7,9,11,14-15H,4H2,1-3H3,(H,22,23)(H,24,25)/p-2/t7-,9-,11-,14-/m1/s1. The molecule has 2 aromatic heterocycles. The third kappa shape index (κ3) is 4.76. The molecule has 0 saturated carbocycles. The van der Waals surface area contributed by atoms with E-state index in [9.17, 15) is 28.3 Å². The zero-order valence-corrected chi connectivity index (χ0v) is 20.0. The summed E-state index contributed by atoms with van der Waals surface area (Å²) < 4.78 is 62.6. The van der Waals surface area contributed by atoms with E-state index in [1.54, 1.807) is 14.0 Å². The molecule has 0 spiro atoms. The molecular weight excluding hydrogens is 507 g/mol. The van der Waals surface area contributed by atoms with Gasteiger partial charge in [0.25, 0.3) is 15.6 Å². The molecule has 182 valence electrons. The number of nitrogens with zero attached hydrogens (tertiary/aromatic N) is 4. The highest BCUT2D eigenvalue weighted by Gasteiger charge is 2.51. The Morgan fingerprint density at radius 1 is 1.18 bits per heavy atom. The fourth-order valence-corrected chi connectivity index (χ4v) is 9.58. The van der Waals surface area contributed by atoms with Crippen molar-refractivity contribution in [1.82, 2.24) is 19.1 Å². The molecule has 2 fully saturated rings. The van der Waals surface area contributed by atoms with Crippen molar-refractivity contribution in [3.8, 4) is 0 Å². The highest BCUT2D eigenvalue weighted by atomic mass is 31.3. The quantitative estimate of drug-likeness (QED) is 0.408. The number of carbonyl (C=O) groups is 1. The van der Waals surface area contributed by atoms with Gasteiger partial charge in [-0.05, 0) is 0 Å². The molecule has 19 heteroatoms. The van der Waals surface area contributed by atoms with Crippen LogP contribution in [0.15, 0.2) is 12.7 Å². The molecule has 0 amide bonds. The Bertz CT molecular complexity index is 1300. The lowest BCUT2D eigenvalue weighted by Crippen LogP contribution is -2.31. The van der Waals surface area contributed by atoms with Crippen LogP contribution in [0.5, 0.6) is 0 Å². The summed E-state index contributed by atoms with van der Waals surface area (Å²) in [6, 6.07) is 0. The number of hydrogen-bond acceptors (Lipinski definition) is 14. The van der Waals surface area contributed by atoms with E-state index in [1.807, 2.05) is 0 Å². The predicted octanol–water partition coefficient (Wildman–Crippen LogP) is -0.0922. The number of aromatic nitrogens is 4. The van der Waals surface area contributed by atoms with Crippen LogP contribution in [0.25, 0.3) is 11.2 Å². The van der Waals surface area contributed by atoms with E-state index in [2.05, 4.69) is 22.9 Å². The molecular formula is C14H18N5O11P3-2. The largest absolute Gasteiger partial charge is 0.756 e. The molecule has 2 saturated heterocycles. The van der Waals surface area contributed by atoms with Gasteiger partial charge in [0.05, 0.1) is 24.9 Å². The molecule has 33 heavy (non-hydrogen) atoms. The van der Waals surface area contributed by atoms with Crippen molar-refractivity contribution >= 4 is 40.4 Å². The molecule has 16 nitrogen and oxygen atoms in total. The van der Waals surface area contributed by atoms with Crippen LogP contribution >= 0.6 is 23.2 Å². The summed E-state index contributed by atoms with van der Waals surface area (Å²) in [5.74, 6) is -1.39. The van der Waals surface area contributed by atoms with Crippen LogP contribution in [0, 0.1) is 11.3 Å². The third-order valence-corrected chi connectivity index (χ3v) is 11.0. The lowest BCUT2D eigenvalue weighted by atomic mass is 10.0. The number of fused-ring (bicyclic) bond motifs is 1. The van der Waals surface area contributed by atoms with E-state index in [4.69, 9.17) is 14.9 Å². The van der Waals surface area contributed by atoms with E-state index >= 15 is 0 Å². The van der Waals surface area contributed by atoms with Crippen LogP contribution in [-0.4, -0.2) is 43.4 Å². The van der Waals surface area contributed by atoms with Crippen LogP contribution < -0.4 is 15.3 Å². The Morgan fingerprint density at radius 2 is 1.82 bits per heavy atom. The lowest BCUT2D eigenvalue weighted by Gasteiger charge is -2.39. The SMILES string of the molecule is CC(=O)O[C@@H]1[C@H](C)[C@@H](CP2(=O)OP(=O)([O-])OP(=O)([O-])O2)O[C@H]1n1cnc2c(=N)n(C)cnc21. The van der Waals surface area contributed by atoms with Crippen molar-refractivity contribution in [2.24, 2.45) is 13.0 Å². The molecule has 2 aromatic rings. The smallest absolute Gasteiger partial charge is 0.346 e. The number of carbonyl (C=O) groups excluding carboxylic acids is 1. The number of imidazole rings is 1. The molecule has 1 N–H and O–H groups in total. The minimum Gasteiger partial charge on any atom is -0.756 e. The van der Waals surface area contributed by atoms with Gasteiger partial charge in [-0.15, -0.1) is 0 Å². The maximum absolute atomic E-state index is 12.9. The Hall–Kier alpha value is -1.73. The monoisotopic (exact) mass is 525 g/mol. The Morgan fingerprint density at radius 3 is 2.42 bits per heavy atom. The van der Waals surface area contributed by atoms with Crippen molar-refractivity contribution in [1.29, 1.82) is 5.41 Å². The summed E-state index contributed by atoms with van der Waals surface area (Å²) in [5.41, 5.74) is 0.507. The number of esters is 1. The minimum atomic E-state index is -5.45. The number of aryl methyl sites for hydroxylation is 1. The predicted molar refractivity (Wildman–Crippen MR) is 102 cm³/mol. The van der Waals surface area contributed by atoms with Gasteiger partial charge in [-0.3, -0.25) is 28.5 Å². The maximum Gasteiger partial charge on any atom is 0.346 e. The molecule has 0 aromatic carbocycles. The fraction of sp³-hybridized carbons (Fsp3) is 0.571. The van der Waals surface area contributed by atoms with E-state index in [0.29, 0.717) is 0 Å². The average molecular weight is 525 g/mol. The first-order valence-corrected chi connectivity index (χ1v) is 14.0. The van der Waals surface area contributed by atoms with Crippen molar-refractivity contribution in [3.05, 3.63) is 18.1 Å². The fourth-order valence-electron chi connectivity index (χ4n) is 3.60. The molecule has 2 aliphatic heterocycles. The summed E-state index contributed by atoms with van der Waals surface area (Å²) in [5, 5.41) is 8.11. The second-order valence-corrected chi connectivity index (χ2v) is 12.8. The van der Waals surface area contributed by atoms with E-state index in [0.717, 1.165) is 6.92 Å². The lowest BCUT2D eigenvalue weighted by molar-refractivity contribution is -0.240. The second-order valence-electron chi connectivity index (χ2n) is 7.46. The van der Waals surface area contributed by atoms with Gasteiger partial charge in [-0.2, -0.15) is 0 Å². The number of rotatable bonds is 4. The average Bonchev–Trinajstić information content (AvgIpc) is 3.18. The highest BCUT2D eigenvalue weighted by Crippen LogP contribution is 2.77. The van der Waals surface area contributed by atoms with Gasteiger partial charge in [0.1, 0.15) is 5.52 Å². The number of nitrogens with one attached hydrogen (secondary N) is 1. The molecule has 0 radical (unpaired) electrons. The van der Waals surface area contributed by atoms with Gasteiger partial charge in [0.2, 0.25) is 0 Å². The van der Waals surface area contributed by atoms with Gasteiger partial charge >= 0.3 is 13.6 Å².